The highest BCUT2D eigenvalue weighted by atomic mass is 16.7. The number of amidine groups is 1. The second-order valence-electron chi connectivity index (χ2n) is 16.4. The zero-order chi connectivity index (χ0) is 52.3. The van der Waals surface area contributed by atoms with Crippen molar-refractivity contribution in [3.05, 3.63) is 0 Å². The van der Waals surface area contributed by atoms with E-state index in [0.717, 1.165) is 4.90 Å². The third-order valence-corrected chi connectivity index (χ3v) is 11.3. The average Bonchev–Trinajstić information content (AvgIpc) is 3.33. The maximum atomic E-state index is 13.5. The van der Waals surface area contributed by atoms with Crippen LogP contribution in [-0.2, 0) is 57.0 Å². The molecule has 26 nitrogen and oxygen atoms in total. The van der Waals surface area contributed by atoms with Crippen LogP contribution in [0.4, 0.5) is 19.2 Å². The Morgan fingerprint density at radius 1 is 0.667 bits per heavy atom. The fourth-order valence-electron chi connectivity index (χ4n) is 7.82. The molecule has 0 bridgehead atoms. The predicted molar refractivity (Wildman–Crippen MR) is 278 cm³/mol. The maximum Gasteiger partial charge on any atom is 0.407 e. The Morgan fingerprint density at radius 3 is 1.80 bits per heavy atom. The van der Waals surface area contributed by atoms with Crippen LogP contribution in [0.25, 0.3) is 0 Å². The third kappa shape index (κ3) is 23.4. The largest absolute Gasteiger partial charge is 0.466 e. The van der Waals surface area contributed by atoms with Crippen LogP contribution in [0.15, 0.2) is 4.99 Å². The van der Waals surface area contributed by atoms with Gasteiger partial charge < -0.3 is 79.4 Å². The molecule has 0 spiro atoms. The second kappa shape index (κ2) is 39.4. The highest BCUT2D eigenvalue weighted by Gasteiger charge is 2.53. The van der Waals surface area contributed by atoms with Gasteiger partial charge in [-0.05, 0) is 60.9 Å². The van der Waals surface area contributed by atoms with E-state index in [-0.39, 0.29) is 127 Å². The first-order chi connectivity index (χ1) is 34.2. The number of imide groups is 1. The van der Waals surface area contributed by atoms with E-state index < -0.39 is 110 Å². The van der Waals surface area contributed by atoms with Crippen LogP contribution in [0.3, 0.4) is 0 Å². The van der Waals surface area contributed by atoms with Crippen molar-refractivity contribution in [3.63, 3.8) is 0 Å². The summed E-state index contributed by atoms with van der Waals surface area (Å²) in [7, 11) is 1.58. The number of carbonyl (C=O) groups is 7. The molecular formula is C49H94N8O18. The van der Waals surface area contributed by atoms with E-state index in [4.69, 9.17) is 42.6 Å². The number of hydrogen-bond donors (Lipinski definition) is 7. The highest BCUT2D eigenvalue weighted by Crippen LogP contribution is 2.31. The quantitative estimate of drug-likeness (QED) is 0.0309. The Hall–Kier alpha value is -4.96. The van der Waals surface area contributed by atoms with E-state index >= 15 is 0 Å². The minimum Gasteiger partial charge on any atom is -0.466 e. The van der Waals surface area contributed by atoms with Gasteiger partial charge in [0, 0.05) is 52.5 Å². The van der Waals surface area contributed by atoms with E-state index in [9.17, 15) is 43.8 Å². The van der Waals surface area contributed by atoms with Gasteiger partial charge in [0.15, 0.2) is 12.6 Å². The van der Waals surface area contributed by atoms with Crippen molar-refractivity contribution >= 4 is 47.9 Å². The monoisotopic (exact) mass is 1080 g/mol. The number of aliphatic hydroxyl groups excluding tert-OH is 2. The molecule has 3 fully saturated rings. The molecule has 3 rings (SSSR count). The summed E-state index contributed by atoms with van der Waals surface area (Å²) in [6.45, 7) is 11.1. The third-order valence-electron chi connectivity index (χ3n) is 11.3. The number of hydrogen-bond acceptors (Lipinski definition) is 20. The molecule has 3 aliphatic rings. The summed E-state index contributed by atoms with van der Waals surface area (Å²) in [5.74, 6) is -1.37. The number of esters is 2. The summed E-state index contributed by atoms with van der Waals surface area (Å²) in [5, 5.41) is 37.0. The molecule has 10 atom stereocenters. The normalized spacial score (nSPS) is 24.7. The molecule has 0 aromatic rings. The number of urea groups is 2. The van der Waals surface area contributed by atoms with Crippen LogP contribution in [0.1, 0.15) is 123 Å². The van der Waals surface area contributed by atoms with Crippen molar-refractivity contribution < 1.29 is 86.4 Å². The van der Waals surface area contributed by atoms with Crippen LogP contribution in [0.5, 0.6) is 0 Å². The van der Waals surface area contributed by atoms with Crippen LogP contribution in [0, 0.1) is 0 Å². The molecule has 7 amide bonds. The Bertz CT molecular complexity index is 1720. The molecule has 438 valence electrons. The van der Waals surface area contributed by atoms with Gasteiger partial charge in [0.2, 0.25) is 5.91 Å². The number of amides is 7. The molecule has 0 aromatic carbocycles. The number of alkyl carbamates (subject to hydrolysis) is 2. The van der Waals surface area contributed by atoms with Gasteiger partial charge in [-0.3, -0.25) is 29.2 Å². The van der Waals surface area contributed by atoms with Crippen LogP contribution < -0.4 is 26.6 Å². The lowest BCUT2D eigenvalue weighted by Crippen LogP contribution is -2.69. The van der Waals surface area contributed by atoms with Gasteiger partial charge in [-0.2, -0.15) is 0 Å². The summed E-state index contributed by atoms with van der Waals surface area (Å²) in [6, 6.07) is -3.58. The number of aliphatic imine (C=N–C) groups is 1. The first-order valence-electron chi connectivity index (χ1n) is 24.7. The van der Waals surface area contributed by atoms with Gasteiger partial charge in [-0.1, -0.05) is 49.5 Å². The van der Waals surface area contributed by atoms with Gasteiger partial charge in [-0.15, -0.1) is 0 Å². The van der Waals surface area contributed by atoms with E-state index in [2.05, 4.69) is 31.6 Å². The van der Waals surface area contributed by atoms with Crippen LogP contribution in [0.2, 0.25) is 0 Å². The SMILES string of the molecule is C.C.C.C.CCCOC(=O)CCN1C(=O)CC(=NCCCCCCNC(=O)NC2C(OC3C(COC(=O)NCC)OC(OCC)C(NC)C3O)OC(COC(=O)NCC)C(OCC)C2O)N(CCC(=O)OCC)C1=O. The molecule has 3 aliphatic heterocycles. The summed E-state index contributed by atoms with van der Waals surface area (Å²) in [6.07, 6.45) is -9.08. The summed E-state index contributed by atoms with van der Waals surface area (Å²) in [5.41, 5.74) is 0. The summed E-state index contributed by atoms with van der Waals surface area (Å²) in [4.78, 5) is 95.7. The zero-order valence-corrected chi connectivity index (χ0v) is 42.2. The maximum absolute atomic E-state index is 13.5. The topological polar surface area (TPSA) is 322 Å². The number of carbonyl (C=O) groups excluding carboxylic acids is 7. The molecular weight excluding hydrogens is 989 g/mol. The number of aliphatic hydroxyl groups is 2. The number of ether oxygens (including phenoxy) is 9. The van der Waals surface area contributed by atoms with Gasteiger partial charge in [0.25, 0.3) is 0 Å². The van der Waals surface area contributed by atoms with Gasteiger partial charge in [0.05, 0.1) is 38.5 Å². The Morgan fingerprint density at radius 2 is 1.23 bits per heavy atom. The Kier molecular flexibility index (Phi) is 37.9. The van der Waals surface area contributed by atoms with Crippen molar-refractivity contribution in [1.29, 1.82) is 0 Å². The summed E-state index contributed by atoms with van der Waals surface area (Å²) >= 11 is 0. The Labute approximate surface area is 444 Å². The molecule has 75 heavy (non-hydrogen) atoms. The molecule has 3 saturated heterocycles. The Balaban J connectivity index is 0. The molecule has 7 N–H and O–H groups in total. The number of likely N-dealkylation sites (N-methyl/N-ethyl adjacent to an activating group) is 1. The van der Waals surface area contributed by atoms with Crippen molar-refractivity contribution in [2.75, 3.05) is 86.0 Å². The van der Waals surface area contributed by atoms with Crippen molar-refractivity contribution in [3.8, 4) is 0 Å². The fraction of sp³-hybridized carbons (Fsp3) is 0.837. The molecule has 0 saturated carbocycles. The molecule has 3 heterocycles. The number of nitrogens with zero attached hydrogens (tertiary/aromatic N) is 3. The lowest BCUT2D eigenvalue weighted by atomic mass is 9.94. The van der Waals surface area contributed by atoms with Crippen LogP contribution in [-0.4, -0.2) is 215 Å². The fourth-order valence-corrected chi connectivity index (χ4v) is 7.82. The van der Waals surface area contributed by atoms with Gasteiger partial charge in [0.1, 0.15) is 61.7 Å². The standard InChI is InChI=1S/C45H78N8O18.4CH4/c1-8-24-66-33(56)19-23-53-31(54)25-30(52(45(53)62)22-18-32(55)63-11-4)49-20-16-14-15-17-21-50-42(59)51-35-37(58)38(64-12-5)28(26-67-43(60)47-9-2)70-41(35)71-39-29(27-68-44(61)48-10-3)69-40(65-13-6)34(46-7)36(39)57;;;;/h28-29,34-41,46,57-58H,8-27H2,1-7H3,(H,47,60)(H,48,61)(H2,50,51,59);4*1H4. The molecule has 10 unspecified atom stereocenters. The van der Waals surface area contributed by atoms with E-state index in [1.807, 2.05) is 6.92 Å². The lowest BCUT2D eigenvalue weighted by molar-refractivity contribution is -0.333. The average molecular weight is 1080 g/mol. The lowest BCUT2D eigenvalue weighted by Gasteiger charge is -2.48. The second-order valence-corrected chi connectivity index (χ2v) is 16.4. The van der Waals surface area contributed by atoms with E-state index in [1.165, 1.54) is 4.90 Å². The van der Waals surface area contributed by atoms with Crippen LogP contribution >= 0.6 is 0 Å². The van der Waals surface area contributed by atoms with Crippen molar-refractivity contribution in [1.82, 2.24) is 36.4 Å². The minimum atomic E-state index is -1.53. The molecule has 26 heteroatoms. The first kappa shape index (κ1) is 72.1. The van der Waals surface area contributed by atoms with Gasteiger partial charge >= 0.3 is 36.2 Å². The number of unbranched alkanes of at least 4 members (excludes halogenated alkanes) is 3. The summed E-state index contributed by atoms with van der Waals surface area (Å²) < 4.78 is 51.3. The first-order valence-corrected chi connectivity index (χ1v) is 24.7. The van der Waals surface area contributed by atoms with E-state index in [1.54, 1.807) is 41.7 Å². The molecule has 0 radical (unpaired) electrons. The highest BCUT2D eigenvalue weighted by molar-refractivity contribution is 6.16. The molecule has 0 aromatic heterocycles. The van der Waals surface area contributed by atoms with Crippen molar-refractivity contribution in [2.45, 2.75) is 184 Å². The zero-order valence-electron chi connectivity index (χ0n) is 42.2. The number of nitrogens with one attached hydrogen (secondary N) is 5. The predicted octanol–water partition coefficient (Wildman–Crippen LogP) is 3.19. The number of rotatable bonds is 30. The van der Waals surface area contributed by atoms with Crippen molar-refractivity contribution in [2.24, 2.45) is 4.99 Å². The smallest absolute Gasteiger partial charge is 0.407 e. The van der Waals surface area contributed by atoms with Gasteiger partial charge in [-0.25, -0.2) is 19.2 Å². The minimum absolute atomic E-state index is 0. The van der Waals surface area contributed by atoms with E-state index in [0.29, 0.717) is 32.1 Å². The molecule has 0 aliphatic carbocycles.